The highest BCUT2D eigenvalue weighted by molar-refractivity contribution is 6.31. The van der Waals surface area contributed by atoms with Crippen LogP contribution in [0.25, 0.3) is 0 Å². The fourth-order valence-corrected chi connectivity index (χ4v) is 2.27. The predicted molar refractivity (Wildman–Crippen MR) is 67.1 cm³/mol. The quantitative estimate of drug-likeness (QED) is 0.847. The van der Waals surface area contributed by atoms with E-state index in [4.69, 9.17) is 11.6 Å². The molecule has 2 rings (SSSR count). The summed E-state index contributed by atoms with van der Waals surface area (Å²) < 4.78 is 13.1. The van der Waals surface area contributed by atoms with Crippen molar-refractivity contribution in [3.05, 3.63) is 29.0 Å². The topological polar surface area (TPSA) is 35.5 Å². The molecule has 0 amide bonds. The summed E-state index contributed by atoms with van der Waals surface area (Å²) in [6.45, 7) is 3.63. The number of halogens is 2. The Morgan fingerprint density at radius 2 is 2.35 bits per heavy atom. The van der Waals surface area contributed by atoms with E-state index in [-0.39, 0.29) is 17.7 Å². The molecule has 94 valence electrons. The molecule has 1 saturated heterocycles. The van der Waals surface area contributed by atoms with E-state index in [0.717, 1.165) is 12.2 Å². The number of piperazine rings is 1. The number of aliphatic hydroxyl groups excluding tert-OH is 1. The number of hydrogen-bond acceptors (Lipinski definition) is 3. The van der Waals surface area contributed by atoms with Gasteiger partial charge in [-0.1, -0.05) is 11.6 Å². The van der Waals surface area contributed by atoms with Gasteiger partial charge in [-0.25, -0.2) is 4.39 Å². The zero-order valence-corrected chi connectivity index (χ0v) is 10.4. The van der Waals surface area contributed by atoms with E-state index in [1.807, 2.05) is 0 Å². The molecule has 5 heteroatoms. The van der Waals surface area contributed by atoms with Crippen molar-refractivity contribution >= 4 is 17.3 Å². The Morgan fingerprint density at radius 1 is 1.59 bits per heavy atom. The number of benzene rings is 1. The SMILES string of the molecule is CC1CN(c2ccc(F)c(Cl)c2)C(CO)CN1. The zero-order valence-electron chi connectivity index (χ0n) is 9.66. The van der Waals surface area contributed by atoms with Crippen molar-refractivity contribution in [2.45, 2.75) is 19.0 Å². The molecular weight excluding hydrogens is 243 g/mol. The van der Waals surface area contributed by atoms with Crippen LogP contribution in [0.2, 0.25) is 5.02 Å². The number of rotatable bonds is 2. The van der Waals surface area contributed by atoms with Gasteiger partial charge < -0.3 is 15.3 Å². The Morgan fingerprint density at radius 3 is 3.00 bits per heavy atom. The van der Waals surface area contributed by atoms with Gasteiger partial charge in [0.25, 0.3) is 0 Å². The smallest absolute Gasteiger partial charge is 0.141 e. The minimum Gasteiger partial charge on any atom is -0.394 e. The molecule has 1 fully saturated rings. The molecular formula is C12H16ClFN2O. The van der Waals surface area contributed by atoms with E-state index >= 15 is 0 Å². The maximum atomic E-state index is 13.1. The summed E-state index contributed by atoms with van der Waals surface area (Å²) in [5, 5.41) is 12.8. The maximum absolute atomic E-state index is 13.1. The van der Waals surface area contributed by atoms with Gasteiger partial charge in [0.05, 0.1) is 17.7 Å². The number of hydrogen-bond donors (Lipinski definition) is 2. The second-order valence-electron chi connectivity index (χ2n) is 4.40. The molecule has 3 nitrogen and oxygen atoms in total. The molecule has 1 aromatic rings. The van der Waals surface area contributed by atoms with E-state index in [1.54, 1.807) is 12.1 Å². The lowest BCUT2D eigenvalue weighted by Crippen LogP contribution is -2.57. The fraction of sp³-hybridized carbons (Fsp3) is 0.500. The molecule has 2 atom stereocenters. The predicted octanol–water partition coefficient (Wildman–Crippen LogP) is 1.64. The summed E-state index contributed by atoms with van der Waals surface area (Å²) in [6, 6.07) is 5.01. The Bertz CT molecular complexity index is 402. The molecule has 1 aliphatic heterocycles. The number of nitrogens with one attached hydrogen (secondary N) is 1. The summed E-state index contributed by atoms with van der Waals surface area (Å²) >= 11 is 5.78. The normalized spacial score (nSPS) is 25.1. The van der Waals surface area contributed by atoms with E-state index in [1.165, 1.54) is 6.07 Å². The van der Waals surface area contributed by atoms with Gasteiger partial charge in [-0.15, -0.1) is 0 Å². The summed E-state index contributed by atoms with van der Waals surface area (Å²) in [5.74, 6) is -0.417. The van der Waals surface area contributed by atoms with Crippen molar-refractivity contribution < 1.29 is 9.50 Å². The standard InChI is InChI=1S/C12H16ClFN2O/c1-8-6-16(10(7-17)5-15-8)9-2-3-12(14)11(13)4-9/h2-4,8,10,15,17H,5-7H2,1H3. The molecule has 2 N–H and O–H groups in total. The van der Waals surface area contributed by atoms with Gasteiger partial charge in [0.1, 0.15) is 5.82 Å². The highest BCUT2D eigenvalue weighted by Crippen LogP contribution is 2.25. The molecule has 2 unspecified atom stereocenters. The lowest BCUT2D eigenvalue weighted by Gasteiger charge is -2.40. The average Bonchev–Trinajstić information content (AvgIpc) is 2.32. The van der Waals surface area contributed by atoms with Crippen molar-refractivity contribution in [3.8, 4) is 0 Å². The first-order chi connectivity index (χ1) is 8.11. The van der Waals surface area contributed by atoms with Crippen LogP contribution in [0.5, 0.6) is 0 Å². The third-order valence-corrected chi connectivity index (χ3v) is 3.35. The van der Waals surface area contributed by atoms with Crippen LogP contribution < -0.4 is 10.2 Å². The number of aliphatic hydroxyl groups is 1. The van der Waals surface area contributed by atoms with Crippen molar-refractivity contribution in [1.29, 1.82) is 0 Å². The van der Waals surface area contributed by atoms with Crippen LogP contribution in [0, 0.1) is 5.82 Å². The van der Waals surface area contributed by atoms with Gasteiger partial charge in [-0.2, -0.15) is 0 Å². The molecule has 1 aliphatic rings. The van der Waals surface area contributed by atoms with Crippen LogP contribution in [-0.2, 0) is 0 Å². The first-order valence-electron chi connectivity index (χ1n) is 5.67. The number of anilines is 1. The van der Waals surface area contributed by atoms with Crippen LogP contribution >= 0.6 is 11.6 Å². The minimum atomic E-state index is -0.417. The van der Waals surface area contributed by atoms with Gasteiger partial charge in [-0.3, -0.25) is 0 Å². The molecule has 0 aliphatic carbocycles. The van der Waals surface area contributed by atoms with Gasteiger partial charge in [0.15, 0.2) is 0 Å². The molecule has 0 spiro atoms. The second kappa shape index (κ2) is 5.21. The minimum absolute atomic E-state index is 0.00716. The lowest BCUT2D eigenvalue weighted by molar-refractivity contribution is 0.237. The van der Waals surface area contributed by atoms with E-state index in [9.17, 15) is 9.50 Å². The summed E-state index contributed by atoms with van der Waals surface area (Å²) in [4.78, 5) is 2.06. The molecule has 0 bridgehead atoms. The van der Waals surface area contributed by atoms with Crippen LogP contribution in [0.3, 0.4) is 0 Å². The van der Waals surface area contributed by atoms with Gasteiger partial charge in [0.2, 0.25) is 0 Å². The van der Waals surface area contributed by atoms with Crippen molar-refractivity contribution in [1.82, 2.24) is 5.32 Å². The van der Waals surface area contributed by atoms with Crippen LogP contribution in [0.1, 0.15) is 6.92 Å². The maximum Gasteiger partial charge on any atom is 0.141 e. The third-order valence-electron chi connectivity index (χ3n) is 3.06. The monoisotopic (exact) mass is 258 g/mol. The number of nitrogens with zero attached hydrogens (tertiary/aromatic N) is 1. The van der Waals surface area contributed by atoms with Gasteiger partial charge in [-0.05, 0) is 25.1 Å². The Labute approximate surface area is 105 Å². The molecule has 0 saturated carbocycles. The van der Waals surface area contributed by atoms with Crippen molar-refractivity contribution in [2.75, 3.05) is 24.6 Å². The Hall–Kier alpha value is -0.840. The molecule has 0 radical (unpaired) electrons. The highest BCUT2D eigenvalue weighted by Gasteiger charge is 2.25. The molecule has 1 heterocycles. The first kappa shape index (κ1) is 12.6. The largest absolute Gasteiger partial charge is 0.394 e. The fourth-order valence-electron chi connectivity index (χ4n) is 2.10. The highest BCUT2D eigenvalue weighted by atomic mass is 35.5. The summed E-state index contributed by atoms with van der Waals surface area (Å²) in [7, 11) is 0. The second-order valence-corrected chi connectivity index (χ2v) is 4.80. The van der Waals surface area contributed by atoms with E-state index < -0.39 is 5.82 Å². The molecule has 0 aromatic heterocycles. The summed E-state index contributed by atoms with van der Waals surface area (Å²) in [6.07, 6.45) is 0. The molecule has 1 aromatic carbocycles. The average molecular weight is 259 g/mol. The molecule has 17 heavy (non-hydrogen) atoms. The van der Waals surface area contributed by atoms with Gasteiger partial charge in [0, 0.05) is 24.8 Å². The van der Waals surface area contributed by atoms with Crippen LogP contribution in [0.4, 0.5) is 10.1 Å². The Balaban J connectivity index is 2.25. The van der Waals surface area contributed by atoms with Crippen LogP contribution in [0.15, 0.2) is 18.2 Å². The third kappa shape index (κ3) is 2.70. The van der Waals surface area contributed by atoms with Crippen LogP contribution in [-0.4, -0.2) is 36.9 Å². The zero-order chi connectivity index (χ0) is 12.4. The first-order valence-corrected chi connectivity index (χ1v) is 6.05. The van der Waals surface area contributed by atoms with Gasteiger partial charge >= 0.3 is 0 Å². The summed E-state index contributed by atoms with van der Waals surface area (Å²) in [5.41, 5.74) is 0.851. The van der Waals surface area contributed by atoms with Crippen molar-refractivity contribution in [3.63, 3.8) is 0 Å². The van der Waals surface area contributed by atoms with E-state index in [2.05, 4.69) is 17.1 Å². The van der Waals surface area contributed by atoms with Crippen molar-refractivity contribution in [2.24, 2.45) is 0 Å². The lowest BCUT2D eigenvalue weighted by atomic mass is 10.1. The Kier molecular flexibility index (Phi) is 3.86. The van der Waals surface area contributed by atoms with E-state index in [0.29, 0.717) is 12.6 Å².